The van der Waals surface area contributed by atoms with Gasteiger partial charge in [0.25, 0.3) is 5.91 Å². The lowest BCUT2D eigenvalue weighted by molar-refractivity contribution is -0.141. The van der Waals surface area contributed by atoms with E-state index in [4.69, 9.17) is 5.10 Å². The molecule has 0 radical (unpaired) electrons. The summed E-state index contributed by atoms with van der Waals surface area (Å²) in [4.78, 5) is 46.2. The lowest BCUT2D eigenvalue weighted by atomic mass is 9.91. The van der Waals surface area contributed by atoms with E-state index >= 15 is 0 Å². The van der Waals surface area contributed by atoms with E-state index in [0.29, 0.717) is 66.5 Å². The molecule has 2 fully saturated rings. The molecule has 1 aromatic carbocycles. The van der Waals surface area contributed by atoms with Gasteiger partial charge in [0, 0.05) is 60.6 Å². The molecule has 3 amide bonds. The molecule has 0 spiro atoms. The van der Waals surface area contributed by atoms with Gasteiger partial charge in [-0.1, -0.05) is 6.07 Å². The van der Waals surface area contributed by atoms with Crippen molar-refractivity contribution in [3.8, 4) is 0 Å². The van der Waals surface area contributed by atoms with Crippen molar-refractivity contribution in [3.05, 3.63) is 82.8 Å². The minimum Gasteiger partial charge on any atom is -0.386 e. The molecule has 48 heavy (non-hydrogen) atoms. The summed E-state index contributed by atoms with van der Waals surface area (Å²) in [7, 11) is 0. The highest BCUT2D eigenvalue weighted by Crippen LogP contribution is 2.34. The minimum absolute atomic E-state index is 0.00404. The second kappa shape index (κ2) is 12.7. The number of amides is 3. The predicted octanol–water partition coefficient (Wildman–Crippen LogP) is 4.82. The maximum Gasteiger partial charge on any atom is 0.433 e. The van der Waals surface area contributed by atoms with E-state index in [9.17, 15) is 37.1 Å². The smallest absolute Gasteiger partial charge is 0.386 e. The van der Waals surface area contributed by atoms with E-state index in [-0.39, 0.29) is 24.1 Å². The fourth-order valence-electron chi connectivity index (χ4n) is 6.20. The third kappa shape index (κ3) is 7.06. The molecule has 2 saturated heterocycles. The largest absolute Gasteiger partial charge is 0.433 e. The third-order valence-corrected chi connectivity index (χ3v) is 8.74. The number of benzene rings is 1. The van der Waals surface area contributed by atoms with Crippen LogP contribution in [0.15, 0.2) is 48.8 Å². The van der Waals surface area contributed by atoms with Crippen molar-refractivity contribution < 1.29 is 37.1 Å². The SMILES string of the molecule is CC(C)(O)c1cc2nn(C3CCN(Cc4cc(C5CCC(=O)NC5=O)cnc4F)CC3)cc2cc1NC(=O)c1cccc(C(F)(F)F)n1. The number of aliphatic hydroxyl groups is 1. The van der Waals surface area contributed by atoms with Crippen LogP contribution in [0.25, 0.3) is 10.9 Å². The summed E-state index contributed by atoms with van der Waals surface area (Å²) in [5.74, 6) is -2.76. The number of rotatable bonds is 7. The summed E-state index contributed by atoms with van der Waals surface area (Å²) in [5.41, 5.74) is -1.00. The fraction of sp³-hybridized carbons (Fsp3) is 0.394. The van der Waals surface area contributed by atoms with Crippen LogP contribution in [0.5, 0.6) is 0 Å². The first-order valence-corrected chi connectivity index (χ1v) is 15.5. The molecule has 1 unspecified atom stereocenters. The second-order valence-corrected chi connectivity index (χ2v) is 12.7. The predicted molar refractivity (Wildman–Crippen MR) is 165 cm³/mol. The number of carbonyl (C=O) groups is 3. The van der Waals surface area contributed by atoms with Gasteiger partial charge < -0.3 is 10.4 Å². The number of likely N-dealkylation sites (tertiary alicyclic amines) is 1. The van der Waals surface area contributed by atoms with Crippen LogP contribution >= 0.6 is 0 Å². The van der Waals surface area contributed by atoms with Gasteiger partial charge in [-0.3, -0.25) is 29.3 Å². The highest BCUT2D eigenvalue weighted by atomic mass is 19.4. The summed E-state index contributed by atoms with van der Waals surface area (Å²) in [6.07, 6.45) is 0.391. The van der Waals surface area contributed by atoms with E-state index in [1.165, 1.54) is 26.1 Å². The topological polar surface area (TPSA) is 142 Å². The molecule has 3 N–H and O–H groups in total. The average molecular weight is 668 g/mol. The van der Waals surface area contributed by atoms with E-state index < -0.39 is 46.8 Å². The Morgan fingerprint density at radius 3 is 2.54 bits per heavy atom. The number of pyridine rings is 2. The van der Waals surface area contributed by atoms with E-state index in [0.717, 1.165) is 12.1 Å². The Hall–Kier alpha value is -4.76. The van der Waals surface area contributed by atoms with Gasteiger partial charge in [0.2, 0.25) is 17.8 Å². The number of nitrogens with one attached hydrogen (secondary N) is 2. The molecular weight excluding hydrogens is 634 g/mol. The Morgan fingerprint density at radius 1 is 1.10 bits per heavy atom. The summed E-state index contributed by atoms with van der Waals surface area (Å²) in [6, 6.07) is 7.97. The minimum atomic E-state index is -4.71. The number of halogens is 4. The van der Waals surface area contributed by atoms with E-state index in [2.05, 4.69) is 25.5 Å². The fourth-order valence-corrected chi connectivity index (χ4v) is 6.20. The summed E-state index contributed by atoms with van der Waals surface area (Å²) in [6.45, 7) is 4.61. The van der Waals surface area contributed by atoms with Crippen molar-refractivity contribution in [2.24, 2.45) is 0 Å². The maximum atomic E-state index is 14.7. The summed E-state index contributed by atoms with van der Waals surface area (Å²) < 4.78 is 56.0. The Labute approximate surface area is 272 Å². The normalized spacial score (nSPS) is 18.3. The first kappa shape index (κ1) is 33.2. The molecule has 11 nitrogen and oxygen atoms in total. The number of imide groups is 1. The van der Waals surface area contributed by atoms with Crippen molar-refractivity contribution in [1.29, 1.82) is 0 Å². The van der Waals surface area contributed by atoms with Crippen molar-refractivity contribution in [1.82, 2.24) is 30.0 Å². The number of nitrogens with zero attached hydrogens (tertiary/aromatic N) is 5. The van der Waals surface area contributed by atoms with Gasteiger partial charge in [-0.05, 0) is 69.0 Å². The van der Waals surface area contributed by atoms with Gasteiger partial charge in [-0.15, -0.1) is 0 Å². The van der Waals surface area contributed by atoms with E-state index in [1.807, 2.05) is 10.9 Å². The van der Waals surface area contributed by atoms with Crippen LogP contribution in [-0.4, -0.2) is 60.6 Å². The molecule has 4 aromatic rings. The number of anilines is 1. The van der Waals surface area contributed by atoms with Crippen molar-refractivity contribution in [2.75, 3.05) is 18.4 Å². The van der Waals surface area contributed by atoms with Gasteiger partial charge >= 0.3 is 6.18 Å². The molecular formula is C33H33F4N7O4. The molecule has 2 aliphatic heterocycles. The van der Waals surface area contributed by atoms with Crippen LogP contribution in [0.4, 0.5) is 23.2 Å². The molecule has 3 aromatic heterocycles. The molecule has 6 rings (SSSR count). The van der Waals surface area contributed by atoms with Gasteiger partial charge in [0.1, 0.15) is 11.4 Å². The number of piperidine rings is 2. The first-order chi connectivity index (χ1) is 22.7. The zero-order valence-corrected chi connectivity index (χ0v) is 26.1. The van der Waals surface area contributed by atoms with Crippen molar-refractivity contribution in [2.45, 2.75) is 69.8 Å². The Balaban J connectivity index is 1.16. The Kier molecular flexibility index (Phi) is 8.76. The molecule has 0 aliphatic carbocycles. The van der Waals surface area contributed by atoms with Gasteiger partial charge in [-0.2, -0.15) is 22.7 Å². The molecule has 252 valence electrons. The lowest BCUT2D eigenvalue weighted by Crippen LogP contribution is -2.39. The number of fused-ring (bicyclic) bond motifs is 1. The van der Waals surface area contributed by atoms with E-state index in [1.54, 1.807) is 18.2 Å². The molecule has 15 heteroatoms. The van der Waals surface area contributed by atoms with Crippen LogP contribution in [0.3, 0.4) is 0 Å². The monoisotopic (exact) mass is 667 g/mol. The third-order valence-electron chi connectivity index (χ3n) is 8.74. The van der Waals surface area contributed by atoms with Gasteiger partial charge in [-0.25, -0.2) is 9.97 Å². The molecule has 0 bridgehead atoms. The van der Waals surface area contributed by atoms with Crippen LogP contribution < -0.4 is 10.6 Å². The standard InChI is InChI=1S/C33H33F4N7O4/c1-32(2,48)23-14-25-19(13-26(23)40-31(47)24-4-3-5-27(39-24)33(35,36)37)17-44(42-25)21-8-10-43(11-9-21)16-20-12-18(15-38-29(20)34)22-6-7-28(45)41-30(22)46/h3-5,12-15,17,21-22,48H,6-11,16H2,1-2H3,(H,40,47)(H,41,45,46). The number of alkyl halides is 3. The van der Waals surface area contributed by atoms with Crippen LogP contribution in [-0.2, 0) is 27.9 Å². The molecule has 5 heterocycles. The van der Waals surface area contributed by atoms with Gasteiger partial charge in [0.15, 0.2) is 0 Å². The molecule has 0 saturated carbocycles. The first-order valence-electron chi connectivity index (χ1n) is 15.5. The lowest BCUT2D eigenvalue weighted by Gasteiger charge is -2.32. The van der Waals surface area contributed by atoms with Crippen LogP contribution in [0.1, 0.15) is 84.4 Å². The molecule has 2 aliphatic rings. The van der Waals surface area contributed by atoms with Crippen molar-refractivity contribution in [3.63, 3.8) is 0 Å². The van der Waals surface area contributed by atoms with Crippen molar-refractivity contribution >= 4 is 34.3 Å². The Morgan fingerprint density at radius 2 is 1.85 bits per heavy atom. The zero-order valence-electron chi connectivity index (χ0n) is 26.1. The number of hydrogen-bond donors (Lipinski definition) is 3. The summed E-state index contributed by atoms with van der Waals surface area (Å²) in [5, 5.41) is 21.2. The highest BCUT2D eigenvalue weighted by Gasteiger charge is 2.33. The van der Waals surface area contributed by atoms with Crippen LogP contribution in [0, 0.1) is 5.95 Å². The Bertz CT molecular complexity index is 1900. The average Bonchev–Trinajstić information content (AvgIpc) is 3.44. The van der Waals surface area contributed by atoms with Crippen LogP contribution in [0.2, 0.25) is 0 Å². The quantitative estimate of drug-likeness (QED) is 0.145. The number of hydrogen-bond acceptors (Lipinski definition) is 8. The highest BCUT2D eigenvalue weighted by molar-refractivity contribution is 6.04. The zero-order chi connectivity index (χ0) is 34.4. The van der Waals surface area contributed by atoms with Gasteiger partial charge in [0.05, 0.1) is 23.1 Å². The number of carbonyl (C=O) groups excluding carboxylic acids is 3. The molecule has 1 atom stereocenters. The second-order valence-electron chi connectivity index (χ2n) is 12.7. The maximum absolute atomic E-state index is 14.7. The number of aromatic nitrogens is 4. The summed E-state index contributed by atoms with van der Waals surface area (Å²) >= 11 is 0.